The summed E-state index contributed by atoms with van der Waals surface area (Å²) in [6.07, 6.45) is 0. The number of hydrogen-bond donors (Lipinski definition) is 0. The summed E-state index contributed by atoms with van der Waals surface area (Å²) in [6.45, 7) is 10.5. The highest BCUT2D eigenvalue weighted by molar-refractivity contribution is 5.71. The highest BCUT2D eigenvalue weighted by atomic mass is 16.6. The average molecular weight is 263 g/mol. The van der Waals surface area contributed by atoms with Gasteiger partial charge in [0.15, 0.2) is 6.61 Å². The lowest BCUT2D eigenvalue weighted by molar-refractivity contribution is -0.145. The molecule has 0 atom stereocenters. The van der Waals surface area contributed by atoms with E-state index < -0.39 is 0 Å². The van der Waals surface area contributed by atoms with Crippen molar-refractivity contribution in [2.45, 2.75) is 46.5 Å². The SMILES string of the molecule is CCOC(=O)COc1c(C(C)C)c[c]cc1C(C)C. The molecule has 0 aromatic heterocycles. The average Bonchev–Trinajstić information content (AvgIpc) is 2.35. The monoisotopic (exact) mass is 263 g/mol. The first-order valence-electron chi connectivity index (χ1n) is 6.79. The second kappa shape index (κ2) is 7.17. The van der Waals surface area contributed by atoms with Crippen molar-refractivity contribution in [3.05, 3.63) is 29.3 Å². The normalized spacial score (nSPS) is 10.9. The van der Waals surface area contributed by atoms with Crippen LogP contribution in [0.5, 0.6) is 5.75 Å². The molecule has 1 radical (unpaired) electrons. The largest absolute Gasteiger partial charge is 0.481 e. The summed E-state index contributed by atoms with van der Waals surface area (Å²) in [5.74, 6) is 1.12. The highest BCUT2D eigenvalue weighted by Gasteiger charge is 2.16. The Morgan fingerprint density at radius 1 is 1.16 bits per heavy atom. The summed E-state index contributed by atoms with van der Waals surface area (Å²) in [4.78, 5) is 11.4. The zero-order chi connectivity index (χ0) is 14.4. The van der Waals surface area contributed by atoms with Gasteiger partial charge in [0.05, 0.1) is 6.61 Å². The molecule has 0 aliphatic heterocycles. The minimum atomic E-state index is -0.334. The van der Waals surface area contributed by atoms with E-state index in [0.717, 1.165) is 16.9 Å². The van der Waals surface area contributed by atoms with E-state index in [9.17, 15) is 4.79 Å². The number of carbonyl (C=O) groups excluding carboxylic acids is 1. The summed E-state index contributed by atoms with van der Waals surface area (Å²) >= 11 is 0. The quantitative estimate of drug-likeness (QED) is 0.734. The minimum Gasteiger partial charge on any atom is -0.481 e. The molecule has 1 rings (SSSR count). The number of ether oxygens (including phenoxy) is 2. The van der Waals surface area contributed by atoms with Crippen LogP contribution in [0.25, 0.3) is 0 Å². The molecule has 105 valence electrons. The summed E-state index contributed by atoms with van der Waals surface area (Å²) in [6, 6.07) is 7.00. The van der Waals surface area contributed by atoms with Gasteiger partial charge in [-0.25, -0.2) is 4.79 Å². The topological polar surface area (TPSA) is 35.5 Å². The third-order valence-corrected chi connectivity index (χ3v) is 2.89. The van der Waals surface area contributed by atoms with Crippen LogP contribution in [0.3, 0.4) is 0 Å². The minimum absolute atomic E-state index is 0.0444. The van der Waals surface area contributed by atoms with Crippen LogP contribution in [0.15, 0.2) is 12.1 Å². The molecule has 0 saturated heterocycles. The Hall–Kier alpha value is -1.51. The zero-order valence-corrected chi connectivity index (χ0v) is 12.4. The van der Waals surface area contributed by atoms with Crippen LogP contribution in [0, 0.1) is 6.07 Å². The third kappa shape index (κ3) is 4.27. The second-order valence-electron chi connectivity index (χ2n) is 5.10. The van der Waals surface area contributed by atoms with Crippen LogP contribution in [0.2, 0.25) is 0 Å². The first-order chi connectivity index (χ1) is 8.97. The van der Waals surface area contributed by atoms with Gasteiger partial charge in [0.2, 0.25) is 0 Å². The highest BCUT2D eigenvalue weighted by Crippen LogP contribution is 2.34. The lowest BCUT2D eigenvalue weighted by atomic mass is 9.94. The lowest BCUT2D eigenvalue weighted by Crippen LogP contribution is -2.16. The van der Waals surface area contributed by atoms with E-state index in [1.807, 2.05) is 12.1 Å². The molecule has 3 heteroatoms. The van der Waals surface area contributed by atoms with E-state index in [1.54, 1.807) is 6.92 Å². The standard InChI is InChI=1S/C16H23O3/c1-6-18-15(17)10-19-16-13(11(2)3)8-7-9-14(16)12(4)5/h8-9,11-12H,6,10H2,1-5H3. The zero-order valence-electron chi connectivity index (χ0n) is 12.4. The van der Waals surface area contributed by atoms with Gasteiger partial charge in [-0.05, 0) is 48.1 Å². The molecule has 0 saturated carbocycles. The molecule has 0 bridgehead atoms. The molecule has 0 fully saturated rings. The van der Waals surface area contributed by atoms with Crippen molar-refractivity contribution in [3.63, 3.8) is 0 Å². The molecule has 0 amide bonds. The first kappa shape index (κ1) is 15.5. The van der Waals surface area contributed by atoms with Crippen molar-refractivity contribution < 1.29 is 14.3 Å². The van der Waals surface area contributed by atoms with E-state index in [1.165, 1.54) is 0 Å². The maximum atomic E-state index is 11.4. The molecular formula is C16H23O3. The lowest BCUT2D eigenvalue weighted by Gasteiger charge is -2.19. The van der Waals surface area contributed by atoms with Crippen molar-refractivity contribution in [1.29, 1.82) is 0 Å². The van der Waals surface area contributed by atoms with E-state index >= 15 is 0 Å². The Labute approximate surface area is 115 Å². The van der Waals surface area contributed by atoms with Gasteiger partial charge in [-0.2, -0.15) is 0 Å². The molecule has 0 aliphatic rings. The molecule has 0 spiro atoms. The van der Waals surface area contributed by atoms with Crippen LogP contribution in [0.1, 0.15) is 57.6 Å². The third-order valence-electron chi connectivity index (χ3n) is 2.89. The number of esters is 1. The van der Waals surface area contributed by atoms with Crippen molar-refractivity contribution in [2.75, 3.05) is 13.2 Å². The molecule has 0 N–H and O–H groups in total. The fourth-order valence-electron chi connectivity index (χ4n) is 1.88. The van der Waals surface area contributed by atoms with E-state index in [4.69, 9.17) is 9.47 Å². The van der Waals surface area contributed by atoms with Crippen molar-refractivity contribution >= 4 is 5.97 Å². The molecule has 0 aliphatic carbocycles. The van der Waals surface area contributed by atoms with Gasteiger partial charge in [-0.15, -0.1) is 0 Å². The van der Waals surface area contributed by atoms with Gasteiger partial charge in [0, 0.05) is 0 Å². The fourth-order valence-corrected chi connectivity index (χ4v) is 1.88. The number of hydrogen-bond acceptors (Lipinski definition) is 3. The van der Waals surface area contributed by atoms with Crippen LogP contribution < -0.4 is 4.74 Å². The van der Waals surface area contributed by atoms with E-state index in [0.29, 0.717) is 18.4 Å². The summed E-state index contributed by atoms with van der Waals surface area (Å²) in [7, 11) is 0. The van der Waals surface area contributed by atoms with Gasteiger partial charge in [-0.1, -0.05) is 27.7 Å². The predicted octanol–water partition coefficient (Wildman–Crippen LogP) is 3.68. The second-order valence-corrected chi connectivity index (χ2v) is 5.10. The summed E-state index contributed by atoms with van der Waals surface area (Å²) in [5, 5.41) is 0. The molecule has 0 heterocycles. The number of benzene rings is 1. The molecule has 3 nitrogen and oxygen atoms in total. The van der Waals surface area contributed by atoms with Gasteiger partial charge in [0.25, 0.3) is 0 Å². The van der Waals surface area contributed by atoms with Crippen LogP contribution in [0.4, 0.5) is 0 Å². The maximum absolute atomic E-state index is 11.4. The maximum Gasteiger partial charge on any atom is 0.344 e. The Kier molecular flexibility index (Phi) is 5.87. The first-order valence-corrected chi connectivity index (χ1v) is 6.79. The Balaban J connectivity index is 2.98. The summed E-state index contributed by atoms with van der Waals surface area (Å²) < 4.78 is 10.6. The Bertz CT molecular complexity index is 396. The van der Waals surface area contributed by atoms with Crippen LogP contribution in [-0.2, 0) is 9.53 Å². The van der Waals surface area contributed by atoms with E-state index in [-0.39, 0.29) is 12.6 Å². The van der Waals surface area contributed by atoms with Crippen LogP contribution in [-0.4, -0.2) is 19.2 Å². The molecule has 19 heavy (non-hydrogen) atoms. The predicted molar refractivity (Wildman–Crippen MR) is 75.6 cm³/mol. The van der Waals surface area contributed by atoms with Crippen LogP contribution >= 0.6 is 0 Å². The van der Waals surface area contributed by atoms with Crippen molar-refractivity contribution in [3.8, 4) is 5.75 Å². The van der Waals surface area contributed by atoms with Gasteiger partial charge >= 0.3 is 5.97 Å². The smallest absolute Gasteiger partial charge is 0.344 e. The van der Waals surface area contributed by atoms with Gasteiger partial charge < -0.3 is 9.47 Å². The van der Waals surface area contributed by atoms with Crippen molar-refractivity contribution in [2.24, 2.45) is 0 Å². The Morgan fingerprint density at radius 2 is 1.68 bits per heavy atom. The molecular weight excluding hydrogens is 240 g/mol. The number of carbonyl (C=O) groups is 1. The van der Waals surface area contributed by atoms with E-state index in [2.05, 4.69) is 33.8 Å². The molecule has 1 aromatic carbocycles. The van der Waals surface area contributed by atoms with Crippen molar-refractivity contribution in [1.82, 2.24) is 0 Å². The Morgan fingerprint density at radius 3 is 2.11 bits per heavy atom. The van der Waals surface area contributed by atoms with Gasteiger partial charge in [-0.3, -0.25) is 0 Å². The van der Waals surface area contributed by atoms with Gasteiger partial charge in [0.1, 0.15) is 5.75 Å². The molecule has 0 unspecified atom stereocenters. The molecule has 1 aromatic rings. The summed E-state index contributed by atoms with van der Waals surface area (Å²) in [5.41, 5.74) is 2.16. The number of rotatable bonds is 6. The fraction of sp³-hybridized carbons (Fsp3) is 0.562.